The van der Waals surface area contributed by atoms with Crippen LogP contribution < -0.4 is 0 Å². The maximum Gasteiger partial charge on any atom is 0.226 e. The van der Waals surface area contributed by atoms with Gasteiger partial charge in [-0.05, 0) is 12.8 Å². The van der Waals surface area contributed by atoms with Gasteiger partial charge in [-0.25, -0.2) is 0 Å². The van der Waals surface area contributed by atoms with E-state index in [4.69, 9.17) is 0 Å². The molecule has 4 heteroatoms. The lowest BCUT2D eigenvalue weighted by atomic mass is 9.76. The third-order valence-corrected chi connectivity index (χ3v) is 2.88. The van der Waals surface area contributed by atoms with Gasteiger partial charge in [0.2, 0.25) is 5.54 Å². The van der Waals surface area contributed by atoms with Gasteiger partial charge in [-0.15, -0.1) is 0 Å². The number of Topliss-reactive ketones (excluding diaryl/α,β-unsaturated/α-hetero) is 1. The van der Waals surface area contributed by atoms with Gasteiger partial charge in [0.25, 0.3) is 0 Å². The summed E-state index contributed by atoms with van der Waals surface area (Å²) < 4.78 is 0. The molecule has 0 bridgehead atoms. The number of carbonyl (C=O) groups is 1. The van der Waals surface area contributed by atoms with Crippen molar-refractivity contribution in [2.45, 2.75) is 45.1 Å². The topological polar surface area (TPSA) is 60.2 Å². The van der Waals surface area contributed by atoms with Crippen LogP contribution in [0.25, 0.3) is 0 Å². The number of hydrogen-bond acceptors (Lipinski definition) is 3. The molecule has 0 aliphatic heterocycles. The average molecular weight is 185 g/mol. The van der Waals surface area contributed by atoms with Gasteiger partial charge >= 0.3 is 0 Å². The third-order valence-electron chi connectivity index (χ3n) is 2.88. The number of nitro groups is 1. The molecule has 0 saturated heterocycles. The molecular weight excluding hydrogens is 170 g/mol. The molecule has 0 amide bonds. The number of carbonyl (C=O) groups excluding carboxylic acids is 1. The molecule has 0 spiro atoms. The molecular formula is C9H15NO3. The zero-order valence-electron chi connectivity index (χ0n) is 8.08. The molecule has 1 atom stereocenters. The molecule has 0 N–H and O–H groups in total. The minimum absolute atomic E-state index is 0.0629. The van der Waals surface area contributed by atoms with E-state index in [2.05, 4.69) is 0 Å². The van der Waals surface area contributed by atoms with E-state index in [1.165, 1.54) is 0 Å². The lowest BCUT2D eigenvalue weighted by Gasteiger charge is -2.28. The zero-order chi connectivity index (χ0) is 10.1. The molecule has 0 aromatic rings. The number of rotatable bonds is 2. The molecule has 0 aromatic carbocycles. The molecule has 74 valence electrons. The summed E-state index contributed by atoms with van der Waals surface area (Å²) in [6.07, 6.45) is 3.02. The maximum absolute atomic E-state index is 11.4. The van der Waals surface area contributed by atoms with Crippen molar-refractivity contribution in [3.8, 4) is 0 Å². The van der Waals surface area contributed by atoms with Crippen molar-refractivity contribution < 1.29 is 9.72 Å². The summed E-state index contributed by atoms with van der Waals surface area (Å²) in [7, 11) is 0. The minimum Gasteiger partial charge on any atom is -0.299 e. The van der Waals surface area contributed by atoms with Crippen molar-refractivity contribution in [3.63, 3.8) is 0 Å². The van der Waals surface area contributed by atoms with Gasteiger partial charge in [0.1, 0.15) is 5.78 Å². The van der Waals surface area contributed by atoms with Crippen LogP contribution in [0.15, 0.2) is 0 Å². The van der Waals surface area contributed by atoms with Crippen LogP contribution in [-0.4, -0.2) is 16.2 Å². The Labute approximate surface area is 77.5 Å². The number of ketones is 1. The van der Waals surface area contributed by atoms with Crippen LogP contribution in [0.5, 0.6) is 0 Å². The number of nitrogens with zero attached hydrogens (tertiary/aromatic N) is 1. The third kappa shape index (κ3) is 1.87. The molecule has 13 heavy (non-hydrogen) atoms. The summed E-state index contributed by atoms with van der Waals surface area (Å²) in [6, 6.07) is 0. The van der Waals surface area contributed by atoms with E-state index in [1.807, 2.05) is 0 Å². The van der Waals surface area contributed by atoms with E-state index in [0.29, 0.717) is 12.8 Å². The molecule has 1 unspecified atom stereocenters. The van der Waals surface area contributed by atoms with Gasteiger partial charge in [0, 0.05) is 25.2 Å². The second kappa shape index (κ2) is 3.44. The Kier molecular flexibility index (Phi) is 2.68. The Balaban J connectivity index is 2.79. The predicted molar refractivity (Wildman–Crippen MR) is 48.0 cm³/mol. The maximum atomic E-state index is 11.4. The fourth-order valence-corrected chi connectivity index (χ4v) is 1.86. The van der Waals surface area contributed by atoms with E-state index in [-0.39, 0.29) is 16.6 Å². The first-order valence-corrected chi connectivity index (χ1v) is 4.63. The van der Waals surface area contributed by atoms with Gasteiger partial charge in [-0.3, -0.25) is 14.9 Å². The van der Waals surface area contributed by atoms with Crippen LogP contribution in [0.3, 0.4) is 0 Å². The fourth-order valence-electron chi connectivity index (χ4n) is 1.86. The highest BCUT2D eigenvalue weighted by atomic mass is 16.6. The van der Waals surface area contributed by atoms with Gasteiger partial charge in [0.05, 0.1) is 5.92 Å². The van der Waals surface area contributed by atoms with Crippen LogP contribution in [-0.2, 0) is 4.79 Å². The normalized spacial score (nSPS) is 24.5. The Morgan fingerprint density at radius 1 is 1.46 bits per heavy atom. The average Bonchev–Trinajstić information content (AvgIpc) is 2.04. The summed E-state index contributed by atoms with van der Waals surface area (Å²) in [5.74, 6) is -0.316. The highest BCUT2D eigenvalue weighted by molar-refractivity contribution is 5.82. The van der Waals surface area contributed by atoms with Crippen molar-refractivity contribution in [2.24, 2.45) is 5.92 Å². The summed E-state index contributed by atoms with van der Waals surface area (Å²) in [4.78, 5) is 21.8. The first-order chi connectivity index (χ1) is 5.96. The standard InChI is InChI=1S/C9H15NO3/c1-9(2,10(12)13)7-5-3-4-6-8(7)11/h7H,3-6H2,1-2H3. The summed E-state index contributed by atoms with van der Waals surface area (Å²) in [5, 5.41) is 10.7. The first-order valence-electron chi connectivity index (χ1n) is 4.63. The fraction of sp³-hybridized carbons (Fsp3) is 0.889. The van der Waals surface area contributed by atoms with E-state index >= 15 is 0 Å². The van der Waals surface area contributed by atoms with Gasteiger partial charge in [-0.2, -0.15) is 0 Å². The molecule has 1 saturated carbocycles. The molecule has 0 heterocycles. The Morgan fingerprint density at radius 3 is 2.54 bits per heavy atom. The van der Waals surface area contributed by atoms with Crippen LogP contribution in [0.4, 0.5) is 0 Å². The molecule has 1 aliphatic carbocycles. The summed E-state index contributed by atoms with van der Waals surface area (Å²) in [6.45, 7) is 3.09. The van der Waals surface area contributed by atoms with Gasteiger partial charge < -0.3 is 0 Å². The predicted octanol–water partition coefficient (Wildman–Crippen LogP) is 1.80. The van der Waals surface area contributed by atoms with Crippen LogP contribution in [0, 0.1) is 16.0 Å². The second-order valence-electron chi connectivity index (χ2n) is 4.18. The zero-order valence-corrected chi connectivity index (χ0v) is 8.08. The number of hydrogen-bond donors (Lipinski definition) is 0. The Morgan fingerprint density at radius 2 is 2.08 bits per heavy atom. The molecule has 0 radical (unpaired) electrons. The minimum atomic E-state index is -1.09. The van der Waals surface area contributed by atoms with Gasteiger partial charge in [0.15, 0.2) is 0 Å². The van der Waals surface area contributed by atoms with Crippen molar-refractivity contribution in [1.82, 2.24) is 0 Å². The van der Waals surface area contributed by atoms with E-state index in [0.717, 1.165) is 12.8 Å². The Bertz CT molecular complexity index is 235. The molecule has 4 nitrogen and oxygen atoms in total. The van der Waals surface area contributed by atoms with E-state index in [9.17, 15) is 14.9 Å². The second-order valence-corrected chi connectivity index (χ2v) is 4.18. The van der Waals surface area contributed by atoms with Crippen LogP contribution >= 0.6 is 0 Å². The highest BCUT2D eigenvalue weighted by Gasteiger charge is 2.45. The molecule has 1 fully saturated rings. The van der Waals surface area contributed by atoms with Crippen molar-refractivity contribution in [1.29, 1.82) is 0 Å². The molecule has 1 rings (SSSR count). The van der Waals surface area contributed by atoms with Crippen molar-refractivity contribution in [3.05, 3.63) is 10.1 Å². The van der Waals surface area contributed by atoms with Crippen molar-refractivity contribution >= 4 is 5.78 Å². The first kappa shape index (κ1) is 10.2. The van der Waals surface area contributed by atoms with Crippen LogP contribution in [0.1, 0.15) is 39.5 Å². The lowest BCUT2D eigenvalue weighted by molar-refractivity contribution is -0.568. The van der Waals surface area contributed by atoms with E-state index in [1.54, 1.807) is 13.8 Å². The quantitative estimate of drug-likeness (QED) is 0.486. The van der Waals surface area contributed by atoms with Crippen molar-refractivity contribution in [2.75, 3.05) is 0 Å². The summed E-state index contributed by atoms with van der Waals surface area (Å²) >= 11 is 0. The largest absolute Gasteiger partial charge is 0.299 e. The van der Waals surface area contributed by atoms with Crippen LogP contribution in [0.2, 0.25) is 0 Å². The van der Waals surface area contributed by atoms with Gasteiger partial charge in [-0.1, -0.05) is 6.42 Å². The lowest BCUT2D eigenvalue weighted by Crippen LogP contribution is -2.44. The van der Waals surface area contributed by atoms with E-state index < -0.39 is 5.54 Å². The Hall–Kier alpha value is -0.930. The summed E-state index contributed by atoms with van der Waals surface area (Å²) in [5.41, 5.74) is -1.09. The highest BCUT2D eigenvalue weighted by Crippen LogP contribution is 2.31. The molecule has 1 aliphatic rings. The molecule has 0 aromatic heterocycles. The SMILES string of the molecule is CC(C)(C1CCCCC1=O)[N+](=O)[O-]. The monoisotopic (exact) mass is 185 g/mol. The smallest absolute Gasteiger partial charge is 0.226 e.